The van der Waals surface area contributed by atoms with Crippen LogP contribution in [-0.2, 0) is 29.0 Å². The molecule has 1 saturated heterocycles. The van der Waals surface area contributed by atoms with Crippen molar-refractivity contribution in [2.75, 3.05) is 5.75 Å². The van der Waals surface area contributed by atoms with Gasteiger partial charge in [0.15, 0.2) is 5.16 Å². The molecule has 0 bridgehead atoms. The number of aromatic nitrogens is 2. The van der Waals surface area contributed by atoms with E-state index in [1.807, 2.05) is 0 Å². The van der Waals surface area contributed by atoms with Crippen molar-refractivity contribution >= 4 is 51.2 Å². The summed E-state index contributed by atoms with van der Waals surface area (Å²) >= 11 is 2.64. The summed E-state index contributed by atoms with van der Waals surface area (Å²) in [4.78, 5) is 57.1. The van der Waals surface area contributed by atoms with Crippen LogP contribution in [0.25, 0.3) is 10.2 Å². The van der Waals surface area contributed by atoms with E-state index in [4.69, 9.17) is 4.98 Å². The Morgan fingerprint density at radius 2 is 2.18 bits per heavy atom. The van der Waals surface area contributed by atoms with Crippen LogP contribution in [0.3, 0.4) is 0 Å². The zero-order valence-electron chi connectivity index (χ0n) is 18.9. The van der Waals surface area contributed by atoms with Crippen LogP contribution in [-0.4, -0.2) is 43.7 Å². The van der Waals surface area contributed by atoms with E-state index < -0.39 is 23.4 Å². The van der Waals surface area contributed by atoms with Gasteiger partial charge in [-0.3, -0.25) is 24.4 Å². The van der Waals surface area contributed by atoms with E-state index >= 15 is 0 Å². The molecule has 2 aliphatic rings. The molecule has 2 aromatic rings. The van der Waals surface area contributed by atoms with E-state index in [0.29, 0.717) is 32.7 Å². The SMILES string of the molecule is C=CCn1c(SCC(=O)NN2C(=O)NC(C)(CC)C2=O)nc2sc3c(c2c1=O)CCC(C)C3. The highest BCUT2D eigenvalue weighted by Gasteiger charge is 2.47. The molecule has 2 aromatic heterocycles. The van der Waals surface area contributed by atoms with Gasteiger partial charge in [0, 0.05) is 11.4 Å². The largest absolute Gasteiger partial charge is 0.344 e. The first-order valence-electron chi connectivity index (χ1n) is 10.9. The topological polar surface area (TPSA) is 113 Å². The highest BCUT2D eigenvalue weighted by molar-refractivity contribution is 7.99. The van der Waals surface area contributed by atoms with Gasteiger partial charge in [0.1, 0.15) is 10.4 Å². The van der Waals surface area contributed by atoms with Crippen molar-refractivity contribution in [1.29, 1.82) is 0 Å². The van der Waals surface area contributed by atoms with E-state index in [0.717, 1.165) is 36.6 Å². The molecule has 0 aromatic carbocycles. The van der Waals surface area contributed by atoms with Crippen LogP contribution in [0.4, 0.5) is 4.79 Å². The monoisotopic (exact) mass is 489 g/mol. The Labute approximate surface area is 199 Å². The molecule has 0 saturated carbocycles. The highest BCUT2D eigenvalue weighted by atomic mass is 32.2. The summed E-state index contributed by atoms with van der Waals surface area (Å²) in [5.74, 6) is -0.576. The van der Waals surface area contributed by atoms with Gasteiger partial charge < -0.3 is 5.32 Å². The van der Waals surface area contributed by atoms with Gasteiger partial charge in [-0.15, -0.1) is 17.9 Å². The molecule has 3 heterocycles. The van der Waals surface area contributed by atoms with Gasteiger partial charge in [-0.1, -0.05) is 31.7 Å². The first kappa shape index (κ1) is 23.5. The number of nitrogens with one attached hydrogen (secondary N) is 2. The van der Waals surface area contributed by atoms with Crippen LogP contribution in [0.15, 0.2) is 22.6 Å². The molecule has 2 atom stereocenters. The zero-order valence-corrected chi connectivity index (χ0v) is 20.5. The second-order valence-electron chi connectivity index (χ2n) is 8.71. The molecule has 176 valence electrons. The molecule has 4 rings (SSSR count). The van der Waals surface area contributed by atoms with Gasteiger partial charge in [-0.25, -0.2) is 9.78 Å². The number of amides is 4. The fourth-order valence-electron chi connectivity index (χ4n) is 4.12. The van der Waals surface area contributed by atoms with Crippen LogP contribution in [0, 0.1) is 5.92 Å². The number of imide groups is 1. The van der Waals surface area contributed by atoms with Gasteiger partial charge in [0.25, 0.3) is 11.5 Å². The lowest BCUT2D eigenvalue weighted by Gasteiger charge is -2.19. The van der Waals surface area contributed by atoms with E-state index in [2.05, 4.69) is 24.2 Å². The van der Waals surface area contributed by atoms with Crippen LogP contribution in [0.1, 0.15) is 44.1 Å². The van der Waals surface area contributed by atoms with Crippen molar-refractivity contribution in [2.24, 2.45) is 5.92 Å². The Bertz CT molecular complexity index is 1220. The number of fused-ring (bicyclic) bond motifs is 3. The number of thioether (sulfide) groups is 1. The summed E-state index contributed by atoms with van der Waals surface area (Å²) < 4.78 is 1.53. The third kappa shape index (κ3) is 4.19. The number of aryl methyl sites for hydroxylation is 1. The Kier molecular flexibility index (Phi) is 6.37. The predicted molar refractivity (Wildman–Crippen MR) is 128 cm³/mol. The third-order valence-electron chi connectivity index (χ3n) is 6.23. The van der Waals surface area contributed by atoms with E-state index in [1.54, 1.807) is 31.3 Å². The number of carbonyl (C=O) groups excluding carboxylic acids is 3. The first-order valence-corrected chi connectivity index (χ1v) is 12.7. The Hall–Kier alpha value is -2.66. The van der Waals surface area contributed by atoms with Gasteiger partial charge in [0.2, 0.25) is 5.91 Å². The van der Waals surface area contributed by atoms with Crippen molar-refractivity contribution in [3.63, 3.8) is 0 Å². The number of carbonyl (C=O) groups is 3. The van der Waals surface area contributed by atoms with E-state index in [-0.39, 0.29) is 17.9 Å². The summed E-state index contributed by atoms with van der Waals surface area (Å²) in [7, 11) is 0. The molecule has 1 aliphatic heterocycles. The second kappa shape index (κ2) is 8.94. The summed E-state index contributed by atoms with van der Waals surface area (Å²) in [6.07, 6.45) is 4.90. The maximum absolute atomic E-state index is 13.3. The zero-order chi connectivity index (χ0) is 23.9. The minimum atomic E-state index is -1.04. The summed E-state index contributed by atoms with van der Waals surface area (Å²) in [5.41, 5.74) is 2.31. The van der Waals surface area contributed by atoms with E-state index in [9.17, 15) is 19.2 Å². The Morgan fingerprint density at radius 3 is 2.85 bits per heavy atom. The number of rotatable bonds is 7. The maximum atomic E-state index is 13.3. The average Bonchev–Trinajstić information content (AvgIpc) is 3.24. The number of hydrogen-bond acceptors (Lipinski definition) is 7. The van der Waals surface area contributed by atoms with Crippen molar-refractivity contribution in [1.82, 2.24) is 25.3 Å². The fourth-order valence-corrected chi connectivity index (χ4v) is 6.34. The van der Waals surface area contributed by atoms with Gasteiger partial charge in [-0.2, -0.15) is 5.01 Å². The van der Waals surface area contributed by atoms with Gasteiger partial charge in [0.05, 0.1) is 11.1 Å². The molecule has 11 heteroatoms. The quantitative estimate of drug-likeness (QED) is 0.268. The standard InChI is InChI=1S/C22H27N5O4S2/c1-5-9-26-18(29)16-13-8-7-12(3)10-14(13)33-17(16)23-21(26)32-11-15(28)25-27-19(30)22(4,6-2)24-20(27)31/h5,12H,1,6-11H2,2-4H3,(H,24,31)(H,25,28). The molecule has 1 aliphatic carbocycles. The third-order valence-corrected chi connectivity index (χ3v) is 8.35. The lowest BCUT2D eigenvalue weighted by Crippen LogP contribution is -2.49. The van der Waals surface area contributed by atoms with Crippen molar-refractivity contribution in [2.45, 2.75) is 63.7 Å². The second-order valence-corrected chi connectivity index (χ2v) is 10.7. The highest BCUT2D eigenvalue weighted by Crippen LogP contribution is 2.36. The number of hydrogen-bond donors (Lipinski definition) is 2. The molecular formula is C22H27N5O4S2. The average molecular weight is 490 g/mol. The summed E-state index contributed by atoms with van der Waals surface area (Å²) in [6.45, 7) is 9.62. The van der Waals surface area contributed by atoms with Crippen LogP contribution in [0.2, 0.25) is 0 Å². The molecule has 9 nitrogen and oxygen atoms in total. The van der Waals surface area contributed by atoms with Crippen molar-refractivity contribution in [3.8, 4) is 0 Å². The Morgan fingerprint density at radius 1 is 1.42 bits per heavy atom. The number of thiophene rings is 1. The summed E-state index contributed by atoms with van der Waals surface area (Å²) in [6, 6.07) is -0.663. The predicted octanol–water partition coefficient (Wildman–Crippen LogP) is 2.61. The lowest BCUT2D eigenvalue weighted by molar-refractivity contribution is -0.137. The van der Waals surface area contributed by atoms with Gasteiger partial charge in [-0.05, 0) is 44.1 Å². The maximum Gasteiger partial charge on any atom is 0.344 e. The molecular weight excluding hydrogens is 462 g/mol. The molecule has 4 amide bonds. The lowest BCUT2D eigenvalue weighted by atomic mass is 9.89. The van der Waals surface area contributed by atoms with Crippen molar-refractivity contribution in [3.05, 3.63) is 33.4 Å². The minimum Gasteiger partial charge on any atom is -0.322 e. The van der Waals surface area contributed by atoms with Crippen molar-refractivity contribution < 1.29 is 14.4 Å². The Balaban J connectivity index is 1.56. The minimum absolute atomic E-state index is 0.114. The fraction of sp³-hybridized carbons (Fsp3) is 0.500. The molecule has 0 radical (unpaired) electrons. The van der Waals surface area contributed by atoms with Crippen LogP contribution < -0.4 is 16.3 Å². The smallest absolute Gasteiger partial charge is 0.322 e. The first-order chi connectivity index (χ1) is 15.7. The number of nitrogens with zero attached hydrogens (tertiary/aromatic N) is 3. The molecule has 0 spiro atoms. The number of hydrazine groups is 1. The molecule has 33 heavy (non-hydrogen) atoms. The van der Waals surface area contributed by atoms with E-state index in [1.165, 1.54) is 9.44 Å². The van der Waals surface area contributed by atoms with Crippen LogP contribution in [0.5, 0.6) is 0 Å². The normalized spacial score (nSPS) is 22.4. The molecule has 2 unspecified atom stereocenters. The summed E-state index contributed by atoms with van der Waals surface area (Å²) in [5, 5.41) is 4.39. The van der Waals surface area contributed by atoms with Crippen LogP contribution >= 0.6 is 23.1 Å². The molecule has 1 fully saturated rings. The number of allylic oxidation sites excluding steroid dienone is 1. The molecule has 2 N–H and O–H groups in total. The van der Waals surface area contributed by atoms with Gasteiger partial charge >= 0.3 is 6.03 Å². The number of urea groups is 1.